The summed E-state index contributed by atoms with van der Waals surface area (Å²) in [5.74, 6) is -0.129. The van der Waals surface area contributed by atoms with Crippen LogP contribution in [-0.4, -0.2) is 24.8 Å². The molecular formula is C14H20O3. The SMILES string of the molecule is CC1=C2CCCC3(OCCO3)[C@]2(C)CCC1=O. The molecule has 0 unspecified atom stereocenters. The van der Waals surface area contributed by atoms with Gasteiger partial charge in [-0.2, -0.15) is 0 Å². The summed E-state index contributed by atoms with van der Waals surface area (Å²) in [5.41, 5.74) is 2.18. The highest BCUT2D eigenvalue weighted by molar-refractivity contribution is 5.96. The second-order valence-corrected chi connectivity index (χ2v) is 5.66. The molecule has 0 N–H and O–H groups in total. The second-order valence-electron chi connectivity index (χ2n) is 5.66. The molecule has 0 radical (unpaired) electrons. The van der Waals surface area contributed by atoms with E-state index in [0.29, 0.717) is 25.4 Å². The first kappa shape index (κ1) is 11.4. The van der Waals surface area contributed by atoms with Crippen molar-refractivity contribution in [3.8, 4) is 0 Å². The average molecular weight is 236 g/mol. The third kappa shape index (κ3) is 1.39. The van der Waals surface area contributed by atoms with Crippen molar-refractivity contribution in [1.29, 1.82) is 0 Å². The van der Waals surface area contributed by atoms with E-state index in [0.717, 1.165) is 31.3 Å². The minimum Gasteiger partial charge on any atom is -0.347 e. The molecule has 1 spiro atoms. The maximum absolute atomic E-state index is 11.9. The summed E-state index contributed by atoms with van der Waals surface area (Å²) in [6.45, 7) is 5.58. The number of fused-ring (bicyclic) bond motifs is 2. The molecule has 1 heterocycles. The molecule has 1 saturated carbocycles. The summed E-state index contributed by atoms with van der Waals surface area (Å²) in [4.78, 5) is 11.9. The minimum absolute atomic E-state index is 0.0836. The topological polar surface area (TPSA) is 35.5 Å². The molecule has 1 aliphatic heterocycles. The van der Waals surface area contributed by atoms with Crippen molar-refractivity contribution in [3.63, 3.8) is 0 Å². The summed E-state index contributed by atoms with van der Waals surface area (Å²) in [7, 11) is 0. The molecule has 3 rings (SSSR count). The van der Waals surface area contributed by atoms with Crippen molar-refractivity contribution in [2.45, 2.75) is 51.7 Å². The molecule has 3 heteroatoms. The summed E-state index contributed by atoms with van der Waals surface area (Å²) in [5, 5.41) is 0. The molecular weight excluding hydrogens is 216 g/mol. The molecule has 94 valence electrons. The lowest BCUT2D eigenvalue weighted by atomic mass is 9.60. The smallest absolute Gasteiger partial charge is 0.177 e. The van der Waals surface area contributed by atoms with E-state index in [9.17, 15) is 4.79 Å². The monoisotopic (exact) mass is 236 g/mol. The Morgan fingerprint density at radius 2 is 1.82 bits per heavy atom. The highest BCUT2D eigenvalue weighted by Crippen LogP contribution is 2.57. The number of Topliss-reactive ketones (excluding diaryl/α,β-unsaturated/α-hetero) is 1. The lowest BCUT2D eigenvalue weighted by molar-refractivity contribution is -0.237. The first-order valence-corrected chi connectivity index (χ1v) is 6.60. The first-order valence-electron chi connectivity index (χ1n) is 6.60. The largest absolute Gasteiger partial charge is 0.347 e. The third-order valence-electron chi connectivity index (χ3n) is 4.92. The number of ketones is 1. The Labute approximate surface area is 102 Å². The van der Waals surface area contributed by atoms with E-state index in [-0.39, 0.29) is 5.41 Å². The van der Waals surface area contributed by atoms with Crippen LogP contribution in [0.3, 0.4) is 0 Å². The van der Waals surface area contributed by atoms with E-state index in [1.165, 1.54) is 5.57 Å². The fourth-order valence-electron chi connectivity index (χ4n) is 3.86. The lowest BCUT2D eigenvalue weighted by Gasteiger charge is -2.51. The fourth-order valence-corrected chi connectivity index (χ4v) is 3.86. The summed E-state index contributed by atoms with van der Waals surface area (Å²) in [6.07, 6.45) is 4.57. The van der Waals surface area contributed by atoms with Crippen molar-refractivity contribution in [1.82, 2.24) is 0 Å². The van der Waals surface area contributed by atoms with Crippen LogP contribution < -0.4 is 0 Å². The van der Waals surface area contributed by atoms with Gasteiger partial charge in [0.05, 0.1) is 13.2 Å². The summed E-state index contributed by atoms with van der Waals surface area (Å²) >= 11 is 0. The van der Waals surface area contributed by atoms with Crippen LogP contribution in [-0.2, 0) is 14.3 Å². The standard InChI is InChI=1S/C14H20O3/c1-10-11-4-3-6-14(16-8-9-17-14)13(11,2)7-5-12(10)15/h3-9H2,1-2H3/t13-/m1/s1. The molecule has 2 fully saturated rings. The molecule has 0 bridgehead atoms. The molecule has 0 aromatic rings. The normalized spacial score (nSPS) is 36.5. The van der Waals surface area contributed by atoms with Gasteiger partial charge in [-0.3, -0.25) is 4.79 Å². The van der Waals surface area contributed by atoms with Crippen molar-refractivity contribution >= 4 is 5.78 Å². The number of rotatable bonds is 0. The first-order chi connectivity index (χ1) is 8.09. The van der Waals surface area contributed by atoms with Crippen LogP contribution in [0.4, 0.5) is 0 Å². The quantitative estimate of drug-likeness (QED) is 0.648. The van der Waals surface area contributed by atoms with Gasteiger partial charge in [-0.15, -0.1) is 0 Å². The maximum Gasteiger partial charge on any atom is 0.177 e. The number of ether oxygens (including phenoxy) is 2. The number of carbonyl (C=O) groups excluding carboxylic acids is 1. The second kappa shape index (κ2) is 3.66. The predicted octanol–water partition coefficient (Wildman–Crippen LogP) is 2.60. The van der Waals surface area contributed by atoms with Crippen LogP contribution in [0.25, 0.3) is 0 Å². The Hall–Kier alpha value is -0.670. The Morgan fingerprint density at radius 1 is 1.12 bits per heavy atom. The molecule has 1 saturated heterocycles. The fraction of sp³-hybridized carbons (Fsp3) is 0.786. The average Bonchev–Trinajstić information content (AvgIpc) is 2.78. The van der Waals surface area contributed by atoms with Gasteiger partial charge in [0.1, 0.15) is 0 Å². The van der Waals surface area contributed by atoms with Gasteiger partial charge in [0, 0.05) is 18.3 Å². The molecule has 0 aromatic carbocycles. The zero-order valence-corrected chi connectivity index (χ0v) is 10.7. The van der Waals surface area contributed by atoms with E-state index in [2.05, 4.69) is 6.92 Å². The molecule has 1 atom stereocenters. The number of allylic oxidation sites excluding steroid dienone is 1. The van der Waals surface area contributed by atoms with Crippen LogP contribution in [0.2, 0.25) is 0 Å². The van der Waals surface area contributed by atoms with Crippen LogP contribution in [0, 0.1) is 5.41 Å². The van der Waals surface area contributed by atoms with Gasteiger partial charge in [-0.1, -0.05) is 12.5 Å². The Kier molecular flexibility index (Phi) is 2.46. The molecule has 3 nitrogen and oxygen atoms in total. The van der Waals surface area contributed by atoms with Crippen molar-refractivity contribution in [2.75, 3.05) is 13.2 Å². The van der Waals surface area contributed by atoms with Crippen molar-refractivity contribution < 1.29 is 14.3 Å². The van der Waals surface area contributed by atoms with E-state index in [1.807, 2.05) is 6.92 Å². The Balaban J connectivity index is 2.09. The van der Waals surface area contributed by atoms with Crippen LogP contribution in [0.5, 0.6) is 0 Å². The number of hydrogen-bond acceptors (Lipinski definition) is 3. The lowest BCUT2D eigenvalue weighted by Crippen LogP contribution is -2.53. The molecule has 17 heavy (non-hydrogen) atoms. The predicted molar refractivity (Wildman–Crippen MR) is 63.5 cm³/mol. The van der Waals surface area contributed by atoms with Crippen LogP contribution in [0.1, 0.15) is 46.0 Å². The molecule has 2 aliphatic carbocycles. The van der Waals surface area contributed by atoms with Crippen molar-refractivity contribution in [2.24, 2.45) is 5.41 Å². The van der Waals surface area contributed by atoms with Crippen LogP contribution >= 0.6 is 0 Å². The maximum atomic E-state index is 11.9. The molecule has 0 aromatic heterocycles. The van der Waals surface area contributed by atoms with E-state index < -0.39 is 5.79 Å². The highest BCUT2D eigenvalue weighted by atomic mass is 16.7. The van der Waals surface area contributed by atoms with Crippen LogP contribution in [0.15, 0.2) is 11.1 Å². The summed E-state index contributed by atoms with van der Waals surface area (Å²) in [6, 6.07) is 0. The highest BCUT2D eigenvalue weighted by Gasteiger charge is 2.58. The zero-order valence-electron chi connectivity index (χ0n) is 10.7. The van der Waals surface area contributed by atoms with E-state index >= 15 is 0 Å². The van der Waals surface area contributed by atoms with Crippen molar-refractivity contribution in [3.05, 3.63) is 11.1 Å². The van der Waals surface area contributed by atoms with Gasteiger partial charge < -0.3 is 9.47 Å². The van der Waals surface area contributed by atoms with E-state index in [1.54, 1.807) is 0 Å². The third-order valence-corrected chi connectivity index (χ3v) is 4.92. The van der Waals surface area contributed by atoms with Gasteiger partial charge in [-0.05, 0) is 31.8 Å². The van der Waals surface area contributed by atoms with Gasteiger partial charge in [-0.25, -0.2) is 0 Å². The molecule has 0 amide bonds. The Morgan fingerprint density at radius 3 is 2.53 bits per heavy atom. The number of hydrogen-bond donors (Lipinski definition) is 0. The number of carbonyl (C=O) groups is 1. The molecule has 3 aliphatic rings. The van der Waals surface area contributed by atoms with E-state index in [4.69, 9.17) is 9.47 Å². The van der Waals surface area contributed by atoms with Gasteiger partial charge in [0.15, 0.2) is 11.6 Å². The Bertz CT molecular complexity index is 390. The van der Waals surface area contributed by atoms with Gasteiger partial charge in [0.25, 0.3) is 0 Å². The summed E-state index contributed by atoms with van der Waals surface area (Å²) < 4.78 is 11.9. The minimum atomic E-state index is -0.442. The van der Waals surface area contributed by atoms with Gasteiger partial charge >= 0.3 is 0 Å². The zero-order chi connectivity index (χ0) is 12.1. The van der Waals surface area contributed by atoms with Gasteiger partial charge in [0.2, 0.25) is 0 Å².